The molecule has 0 atom stereocenters. The number of ether oxygens (including phenoxy) is 2. The lowest BCUT2D eigenvalue weighted by Crippen LogP contribution is -2.22. The fraction of sp³-hybridized carbons (Fsp3) is 0.125. The maximum Gasteiger partial charge on any atom is 0.259 e. The van der Waals surface area contributed by atoms with Crippen LogP contribution in [0.3, 0.4) is 0 Å². The van der Waals surface area contributed by atoms with Gasteiger partial charge in [-0.25, -0.2) is 0 Å². The second-order valence-electron chi connectivity index (χ2n) is 6.56. The van der Waals surface area contributed by atoms with E-state index in [0.717, 1.165) is 33.7 Å². The summed E-state index contributed by atoms with van der Waals surface area (Å²) in [5, 5.41) is 1.62. The van der Waals surface area contributed by atoms with Gasteiger partial charge in [-0.1, -0.05) is 42.5 Å². The van der Waals surface area contributed by atoms with Crippen molar-refractivity contribution in [1.29, 1.82) is 0 Å². The van der Waals surface area contributed by atoms with Gasteiger partial charge in [-0.05, 0) is 47.3 Å². The molecule has 4 rings (SSSR count). The van der Waals surface area contributed by atoms with Gasteiger partial charge < -0.3 is 14.0 Å². The topological polar surface area (TPSA) is 40.5 Å². The minimum Gasteiger partial charge on any atom is -0.497 e. The minimum atomic E-state index is -0.0187. The first-order valence-corrected chi connectivity index (χ1v) is 9.10. The molecule has 0 saturated heterocycles. The van der Waals surface area contributed by atoms with Crippen LogP contribution >= 0.6 is 0 Å². The number of fused-ring (bicyclic) bond motifs is 1. The molecular weight excluding hydrogens is 350 g/mol. The summed E-state index contributed by atoms with van der Waals surface area (Å²) >= 11 is 0. The molecule has 4 nitrogen and oxygen atoms in total. The molecule has 0 aliphatic rings. The summed E-state index contributed by atoms with van der Waals surface area (Å²) < 4.78 is 12.6. The molecule has 140 valence electrons. The van der Waals surface area contributed by atoms with Gasteiger partial charge in [-0.2, -0.15) is 0 Å². The molecule has 0 N–H and O–H groups in total. The fourth-order valence-corrected chi connectivity index (χ4v) is 3.45. The summed E-state index contributed by atoms with van der Waals surface area (Å²) in [7, 11) is 3.29. The number of hydrogen-bond acceptors (Lipinski definition) is 3. The van der Waals surface area contributed by atoms with Gasteiger partial charge in [0.05, 0.1) is 26.5 Å². The molecule has 1 aromatic heterocycles. The van der Waals surface area contributed by atoms with Gasteiger partial charge in [0.15, 0.2) is 0 Å². The van der Waals surface area contributed by atoms with Crippen LogP contribution in [0.4, 0.5) is 0 Å². The number of methoxy groups -OCH3 is 2. The van der Waals surface area contributed by atoms with Crippen LogP contribution in [0, 0.1) is 0 Å². The number of para-hydroxylation sites is 1. The van der Waals surface area contributed by atoms with Crippen molar-refractivity contribution in [2.45, 2.75) is 6.54 Å². The van der Waals surface area contributed by atoms with Crippen molar-refractivity contribution in [1.82, 2.24) is 4.57 Å². The second kappa shape index (κ2) is 7.61. The van der Waals surface area contributed by atoms with E-state index in [1.165, 1.54) is 0 Å². The summed E-state index contributed by atoms with van der Waals surface area (Å²) in [6, 6.07) is 25.3. The Bertz CT molecular complexity index is 1180. The molecule has 0 unspecified atom stereocenters. The molecule has 0 aliphatic heterocycles. The Hall–Kier alpha value is -3.53. The first-order chi connectivity index (χ1) is 13.7. The molecule has 0 fully saturated rings. The molecule has 0 aliphatic carbocycles. The van der Waals surface area contributed by atoms with Crippen LogP contribution in [-0.4, -0.2) is 18.8 Å². The van der Waals surface area contributed by atoms with Crippen LogP contribution in [-0.2, 0) is 6.54 Å². The number of nitrogens with zero attached hydrogens (tertiary/aromatic N) is 1. The van der Waals surface area contributed by atoms with Crippen molar-refractivity contribution in [3.05, 3.63) is 94.8 Å². The maximum absolute atomic E-state index is 13.3. The Morgan fingerprint density at radius 3 is 2.29 bits per heavy atom. The summed E-state index contributed by atoms with van der Waals surface area (Å²) in [5.41, 5.74) is 2.72. The molecular formula is C24H21NO3. The highest BCUT2D eigenvalue weighted by Crippen LogP contribution is 2.31. The van der Waals surface area contributed by atoms with E-state index in [2.05, 4.69) is 6.07 Å². The van der Waals surface area contributed by atoms with Crippen LogP contribution in [0.5, 0.6) is 11.5 Å². The Kier molecular flexibility index (Phi) is 4.85. The molecule has 1 heterocycles. The molecule has 3 aromatic carbocycles. The lowest BCUT2D eigenvalue weighted by molar-refractivity contribution is 0.414. The second-order valence-corrected chi connectivity index (χ2v) is 6.56. The van der Waals surface area contributed by atoms with Crippen molar-refractivity contribution >= 4 is 10.8 Å². The number of benzene rings is 3. The van der Waals surface area contributed by atoms with Crippen molar-refractivity contribution in [2.75, 3.05) is 14.2 Å². The lowest BCUT2D eigenvalue weighted by atomic mass is 10.0. The third-order valence-electron chi connectivity index (χ3n) is 4.90. The van der Waals surface area contributed by atoms with Gasteiger partial charge in [0.25, 0.3) is 5.56 Å². The van der Waals surface area contributed by atoms with Crippen LogP contribution in [0.25, 0.3) is 22.0 Å². The minimum absolute atomic E-state index is 0.0187. The van der Waals surface area contributed by atoms with E-state index in [1.54, 1.807) is 14.2 Å². The summed E-state index contributed by atoms with van der Waals surface area (Å²) in [6.45, 7) is 0.459. The van der Waals surface area contributed by atoms with Crippen molar-refractivity contribution < 1.29 is 9.47 Å². The Labute approximate surface area is 163 Å². The zero-order valence-electron chi connectivity index (χ0n) is 15.9. The number of hydrogen-bond donors (Lipinski definition) is 0. The van der Waals surface area contributed by atoms with Gasteiger partial charge in [0.1, 0.15) is 11.5 Å². The molecule has 0 saturated carbocycles. The Balaban J connectivity index is 1.94. The van der Waals surface area contributed by atoms with Crippen LogP contribution in [0.15, 0.2) is 83.7 Å². The van der Waals surface area contributed by atoms with Crippen LogP contribution in [0.1, 0.15) is 5.56 Å². The normalized spacial score (nSPS) is 10.8. The van der Waals surface area contributed by atoms with E-state index in [0.29, 0.717) is 11.9 Å². The predicted octanol–water partition coefficient (Wildman–Crippen LogP) is 4.73. The Morgan fingerprint density at radius 2 is 1.54 bits per heavy atom. The molecule has 28 heavy (non-hydrogen) atoms. The van der Waals surface area contributed by atoms with E-state index in [-0.39, 0.29) is 5.56 Å². The van der Waals surface area contributed by atoms with E-state index < -0.39 is 0 Å². The monoisotopic (exact) mass is 371 g/mol. The first-order valence-electron chi connectivity index (χ1n) is 9.10. The molecule has 0 amide bonds. The SMILES string of the molecule is COc1ccc(Cn2c(-c3ccccc3OC)cc3ccccc3c2=O)cc1. The summed E-state index contributed by atoms with van der Waals surface area (Å²) in [5.74, 6) is 1.53. The average molecular weight is 371 g/mol. The quantitative estimate of drug-likeness (QED) is 0.509. The first kappa shape index (κ1) is 17.9. The largest absolute Gasteiger partial charge is 0.497 e. The summed E-state index contributed by atoms with van der Waals surface area (Å²) in [6.07, 6.45) is 0. The molecule has 0 radical (unpaired) electrons. The van der Waals surface area contributed by atoms with Gasteiger partial charge >= 0.3 is 0 Å². The highest BCUT2D eigenvalue weighted by atomic mass is 16.5. The van der Waals surface area contributed by atoms with Gasteiger partial charge in [-0.3, -0.25) is 4.79 Å². The number of pyridine rings is 1. The smallest absolute Gasteiger partial charge is 0.259 e. The van der Waals surface area contributed by atoms with E-state index in [1.807, 2.05) is 77.4 Å². The Morgan fingerprint density at radius 1 is 0.821 bits per heavy atom. The molecule has 0 bridgehead atoms. The highest BCUT2D eigenvalue weighted by Gasteiger charge is 2.14. The molecule has 4 heteroatoms. The standard InChI is InChI=1S/C24H21NO3/c1-27-19-13-11-17(12-14-19)16-25-22(21-9-5-6-10-23(21)28-2)15-18-7-3-4-8-20(18)24(25)26/h3-15H,16H2,1-2H3. The fourth-order valence-electron chi connectivity index (χ4n) is 3.45. The van der Waals surface area contributed by atoms with Gasteiger partial charge in [-0.15, -0.1) is 0 Å². The van der Waals surface area contributed by atoms with E-state index in [9.17, 15) is 4.79 Å². The maximum atomic E-state index is 13.3. The number of rotatable bonds is 5. The van der Waals surface area contributed by atoms with Gasteiger partial charge in [0.2, 0.25) is 0 Å². The molecule has 4 aromatic rings. The zero-order chi connectivity index (χ0) is 19.5. The van der Waals surface area contributed by atoms with Crippen molar-refractivity contribution in [3.63, 3.8) is 0 Å². The van der Waals surface area contributed by atoms with Crippen molar-refractivity contribution in [2.24, 2.45) is 0 Å². The average Bonchev–Trinajstić information content (AvgIpc) is 2.76. The van der Waals surface area contributed by atoms with E-state index >= 15 is 0 Å². The highest BCUT2D eigenvalue weighted by molar-refractivity contribution is 5.86. The zero-order valence-corrected chi connectivity index (χ0v) is 15.9. The molecule has 0 spiro atoms. The third kappa shape index (κ3) is 3.25. The predicted molar refractivity (Wildman–Crippen MR) is 112 cm³/mol. The van der Waals surface area contributed by atoms with Gasteiger partial charge in [0, 0.05) is 10.9 Å². The van der Waals surface area contributed by atoms with E-state index in [4.69, 9.17) is 9.47 Å². The lowest BCUT2D eigenvalue weighted by Gasteiger charge is -2.17. The van der Waals surface area contributed by atoms with Crippen LogP contribution < -0.4 is 15.0 Å². The summed E-state index contributed by atoms with van der Waals surface area (Å²) in [4.78, 5) is 13.3. The number of aromatic nitrogens is 1. The van der Waals surface area contributed by atoms with Crippen molar-refractivity contribution in [3.8, 4) is 22.8 Å². The third-order valence-corrected chi connectivity index (χ3v) is 4.90. The van der Waals surface area contributed by atoms with Crippen LogP contribution in [0.2, 0.25) is 0 Å².